The van der Waals surface area contributed by atoms with Gasteiger partial charge in [0.05, 0.1) is 44.4 Å². The lowest BCUT2D eigenvalue weighted by Crippen LogP contribution is -2.63. The zero-order chi connectivity index (χ0) is 50.9. The quantitative estimate of drug-likeness (QED) is 0.0630. The number of benzene rings is 1. The van der Waals surface area contributed by atoms with Crippen molar-refractivity contribution in [2.45, 2.75) is 162 Å². The Morgan fingerprint density at radius 1 is 0.971 bits per heavy atom. The van der Waals surface area contributed by atoms with Gasteiger partial charge in [-0.1, -0.05) is 53.2 Å². The van der Waals surface area contributed by atoms with Crippen molar-refractivity contribution in [3.8, 4) is 11.5 Å². The number of nitrogens with two attached hydrogens (primary N) is 2. The molecule has 386 valence electrons. The highest BCUT2D eigenvalue weighted by Crippen LogP contribution is 2.78. The van der Waals surface area contributed by atoms with Crippen LogP contribution in [0.2, 0.25) is 0 Å². The van der Waals surface area contributed by atoms with Crippen LogP contribution >= 0.6 is 0 Å². The summed E-state index contributed by atoms with van der Waals surface area (Å²) in [6, 6.07) is 5.47. The van der Waals surface area contributed by atoms with Crippen LogP contribution in [0.25, 0.3) is 0 Å². The maximum absolute atomic E-state index is 13.0. The zero-order valence-corrected chi connectivity index (χ0v) is 43.3. The van der Waals surface area contributed by atoms with Gasteiger partial charge in [-0.3, -0.25) is 24.0 Å². The number of hydrogen-bond acceptors (Lipinski definition) is 13. The second kappa shape index (κ2) is 21.3. The van der Waals surface area contributed by atoms with Gasteiger partial charge in [-0.25, -0.2) is 0 Å². The van der Waals surface area contributed by atoms with E-state index >= 15 is 0 Å². The van der Waals surface area contributed by atoms with E-state index < -0.39 is 40.6 Å². The minimum atomic E-state index is -0.854. The number of ketones is 1. The average molecular weight is 966 g/mol. The molecule has 0 radical (unpaired) electrons. The summed E-state index contributed by atoms with van der Waals surface area (Å²) in [6.07, 6.45) is 9.17. The van der Waals surface area contributed by atoms with E-state index in [1.807, 2.05) is 32.0 Å². The molecule has 12 atom stereocenters. The van der Waals surface area contributed by atoms with Crippen molar-refractivity contribution in [1.82, 2.24) is 5.32 Å². The third-order valence-corrected chi connectivity index (χ3v) is 17.7. The molecule has 2 spiro atoms. The molecule has 2 heterocycles. The molecule has 7 rings (SSSR count). The second-order valence-corrected chi connectivity index (χ2v) is 22.9. The van der Waals surface area contributed by atoms with E-state index in [2.05, 4.69) is 33.0 Å². The number of fused-ring (bicyclic) bond motifs is 4. The molecule has 5 fully saturated rings. The van der Waals surface area contributed by atoms with Gasteiger partial charge in [0.25, 0.3) is 0 Å². The number of carbonyl (C=O) groups excluding carboxylic acids is 5. The fraction of sp³-hybridized carbons (Fsp3) is 0.759. The van der Waals surface area contributed by atoms with Crippen molar-refractivity contribution in [1.29, 1.82) is 0 Å². The van der Waals surface area contributed by atoms with Gasteiger partial charge in [-0.15, -0.1) is 0 Å². The van der Waals surface area contributed by atoms with Crippen molar-refractivity contribution in [2.75, 3.05) is 41.1 Å². The number of aliphatic hydroxyl groups excluding tert-OH is 1. The lowest BCUT2D eigenvalue weighted by Gasteiger charge is -2.58. The highest BCUT2D eigenvalue weighted by Gasteiger charge is 2.83. The predicted octanol–water partition coefficient (Wildman–Crippen LogP) is 6.42. The van der Waals surface area contributed by atoms with E-state index in [1.165, 1.54) is 7.11 Å². The summed E-state index contributed by atoms with van der Waals surface area (Å²) in [4.78, 5) is 61.9. The Bertz CT molecular complexity index is 2090. The van der Waals surface area contributed by atoms with Crippen LogP contribution in [0, 0.1) is 57.7 Å². The number of carbonyl (C=O) groups is 5. The largest absolute Gasteiger partial charge is 0.493 e. The molecular formula is C54H83N3O12. The number of rotatable bonds is 20. The number of ether oxygens (including phenoxy) is 6. The Balaban J connectivity index is 0.000000232. The smallest absolute Gasteiger partial charge is 0.309 e. The summed E-state index contributed by atoms with van der Waals surface area (Å²) in [5.41, 5.74) is 12.0. The van der Waals surface area contributed by atoms with Crippen LogP contribution < -0.4 is 26.3 Å². The topological polar surface area (TPSA) is 228 Å². The molecule has 6 aliphatic rings. The molecule has 0 unspecified atom stereocenters. The maximum atomic E-state index is 13.0. The number of methoxy groups -OCH3 is 3. The molecule has 6 N–H and O–H groups in total. The second-order valence-electron chi connectivity index (χ2n) is 22.9. The van der Waals surface area contributed by atoms with Crippen LogP contribution in [0.1, 0.15) is 132 Å². The molecule has 0 aromatic heterocycles. The molecule has 2 amide bonds. The summed E-state index contributed by atoms with van der Waals surface area (Å²) in [6.45, 7) is 17.4. The van der Waals surface area contributed by atoms with E-state index in [0.717, 1.165) is 56.1 Å². The summed E-state index contributed by atoms with van der Waals surface area (Å²) in [5, 5.41) is 13.9. The number of esters is 2. The Kier molecular flexibility index (Phi) is 16.8. The Labute approximate surface area is 410 Å². The first-order valence-electron chi connectivity index (χ1n) is 25.4. The van der Waals surface area contributed by atoms with E-state index in [-0.39, 0.29) is 83.1 Å². The van der Waals surface area contributed by atoms with Gasteiger partial charge in [-0.05, 0) is 119 Å². The number of epoxide rings is 1. The number of primary amides is 1. The summed E-state index contributed by atoms with van der Waals surface area (Å²) in [5.74, 6) is 0.592. The van der Waals surface area contributed by atoms with Crippen molar-refractivity contribution in [3.63, 3.8) is 0 Å². The highest BCUT2D eigenvalue weighted by molar-refractivity contribution is 5.92. The third-order valence-electron chi connectivity index (χ3n) is 17.7. The molecule has 2 saturated heterocycles. The number of hydrogen-bond donors (Lipinski definition) is 4. The van der Waals surface area contributed by atoms with Crippen LogP contribution in [0.5, 0.6) is 11.5 Å². The first-order chi connectivity index (χ1) is 32.4. The SMILES string of the molecule is COC(=O)[C@@H]1CC2=CC(=O)CC[C@]2(C)[C@@]23O[C@@H]2C[C@@]2(C)[C@@H](CC[C@@]24CCC(=O)O4)[C@H]13.COCCCOc1cc(C[C@@H](C[C@H](N)[C@@H](O)C[C@H](C(=O)NCC(C)(C)C(N)=O)C(C)C)C(C)C)ccc1OC. The van der Waals surface area contributed by atoms with Crippen molar-refractivity contribution < 1.29 is 57.5 Å². The third kappa shape index (κ3) is 10.6. The van der Waals surface area contributed by atoms with Gasteiger partial charge >= 0.3 is 11.9 Å². The van der Waals surface area contributed by atoms with Gasteiger partial charge in [0.1, 0.15) is 11.2 Å². The van der Waals surface area contributed by atoms with Gasteiger partial charge in [0.2, 0.25) is 11.8 Å². The summed E-state index contributed by atoms with van der Waals surface area (Å²) < 4.78 is 34.4. The van der Waals surface area contributed by atoms with Crippen LogP contribution in [0.4, 0.5) is 0 Å². The standard InChI is InChI=1S/C30H53N3O6.C24H30O6/c1-19(2)22(14-21-10-11-26(38-8)27(15-21)39-13-9-12-37-7)16-24(31)25(34)17-23(20(3)4)28(35)33-18-30(5,6)29(32)36;1-21-7-4-14(25)10-13(21)11-15(20(27)28-3)19-16-5-8-23(9-6-18(26)30-23)22(16,2)12-17-24(19,21)29-17/h10-11,15,19-20,22-25,34H,9,12-14,16-18,31H2,1-8H3,(H2,32,36)(H,33,35);10,15-17,19H,4-9,11-12H2,1-3H3/t22-,23-,24-,25-;15-,16+,17-,19+,21+,22+,23-,24-/m01/s1. The van der Waals surface area contributed by atoms with Crippen LogP contribution in [0.15, 0.2) is 29.8 Å². The zero-order valence-electron chi connectivity index (χ0n) is 43.3. The van der Waals surface area contributed by atoms with Crippen LogP contribution in [-0.4, -0.2) is 105 Å². The van der Waals surface area contributed by atoms with Crippen molar-refractivity contribution in [3.05, 3.63) is 35.4 Å². The monoisotopic (exact) mass is 966 g/mol. The fourth-order valence-electron chi connectivity index (χ4n) is 13.1. The average Bonchev–Trinajstić information content (AvgIpc) is 3.79. The van der Waals surface area contributed by atoms with Gasteiger partial charge < -0.3 is 50.3 Å². The lowest BCUT2D eigenvalue weighted by molar-refractivity contribution is -0.172. The van der Waals surface area contributed by atoms with E-state index in [9.17, 15) is 29.1 Å². The van der Waals surface area contributed by atoms with Gasteiger partial charge in [0.15, 0.2) is 17.3 Å². The molecule has 4 aliphatic carbocycles. The normalized spacial score (nSPS) is 31.7. The summed E-state index contributed by atoms with van der Waals surface area (Å²) in [7, 11) is 4.74. The van der Waals surface area contributed by atoms with Crippen molar-refractivity contribution >= 4 is 29.5 Å². The van der Waals surface area contributed by atoms with Crippen molar-refractivity contribution in [2.24, 2.45) is 69.1 Å². The van der Waals surface area contributed by atoms with Crippen LogP contribution in [-0.2, 0) is 49.3 Å². The predicted molar refractivity (Wildman–Crippen MR) is 260 cm³/mol. The summed E-state index contributed by atoms with van der Waals surface area (Å²) >= 11 is 0. The molecule has 2 aliphatic heterocycles. The molecular weight excluding hydrogens is 883 g/mol. The Hall–Kier alpha value is -4.05. The molecule has 15 heteroatoms. The maximum Gasteiger partial charge on any atom is 0.309 e. The fourth-order valence-corrected chi connectivity index (χ4v) is 13.1. The number of aliphatic hydroxyl groups is 1. The lowest BCUT2D eigenvalue weighted by atomic mass is 9.43. The highest BCUT2D eigenvalue weighted by atomic mass is 16.6. The minimum Gasteiger partial charge on any atom is -0.493 e. The van der Waals surface area contributed by atoms with E-state index in [0.29, 0.717) is 56.3 Å². The molecule has 3 saturated carbocycles. The van der Waals surface area contributed by atoms with Gasteiger partial charge in [-0.2, -0.15) is 0 Å². The number of nitrogens with one attached hydrogen (secondary N) is 1. The molecule has 1 aromatic carbocycles. The number of amides is 2. The Morgan fingerprint density at radius 3 is 2.30 bits per heavy atom. The molecule has 69 heavy (non-hydrogen) atoms. The first-order valence-corrected chi connectivity index (χ1v) is 25.4. The van der Waals surface area contributed by atoms with E-state index in [1.54, 1.807) is 34.1 Å². The minimum absolute atomic E-state index is 0.00829. The molecule has 1 aromatic rings. The van der Waals surface area contributed by atoms with Crippen LogP contribution in [0.3, 0.4) is 0 Å². The van der Waals surface area contributed by atoms with E-state index in [4.69, 9.17) is 39.9 Å². The first kappa shape index (κ1) is 54.3. The van der Waals surface area contributed by atoms with Gasteiger partial charge in [0, 0.05) is 68.2 Å². The Morgan fingerprint density at radius 2 is 1.70 bits per heavy atom. The molecule has 0 bridgehead atoms. The molecule has 15 nitrogen and oxygen atoms in total.